The van der Waals surface area contributed by atoms with E-state index in [2.05, 4.69) is 10.3 Å². The number of nitrogens with one attached hydrogen (secondary N) is 2. The molecule has 1 heterocycles. The molecule has 1 atom stereocenters. The van der Waals surface area contributed by atoms with Crippen molar-refractivity contribution in [2.45, 2.75) is 12.5 Å². The Labute approximate surface area is 151 Å². The summed E-state index contributed by atoms with van der Waals surface area (Å²) in [5, 5.41) is 35.0. The number of rotatable bonds is 7. The maximum absolute atomic E-state index is 11.6. The molecule has 3 aromatic rings. The maximum atomic E-state index is 11.6. The topological polar surface area (TPSA) is 151 Å². The lowest BCUT2D eigenvalue weighted by Gasteiger charge is -2.15. The first-order chi connectivity index (χ1) is 12.8. The van der Waals surface area contributed by atoms with Crippen LogP contribution in [0.25, 0.3) is 10.9 Å². The first-order valence-corrected chi connectivity index (χ1v) is 7.84. The summed E-state index contributed by atoms with van der Waals surface area (Å²) in [6.45, 7) is 0. The number of aliphatic carboxylic acids is 1. The molecule has 1 aromatic heterocycles. The smallest absolute Gasteiger partial charge is 0.326 e. The van der Waals surface area contributed by atoms with Gasteiger partial charge >= 0.3 is 5.97 Å². The number of carbonyl (C=O) groups is 1. The van der Waals surface area contributed by atoms with Crippen LogP contribution in [0.1, 0.15) is 5.69 Å². The molecule has 138 valence electrons. The molecule has 2 aromatic carbocycles. The average molecular weight is 370 g/mol. The highest BCUT2D eigenvalue weighted by Crippen LogP contribution is 2.30. The summed E-state index contributed by atoms with van der Waals surface area (Å²) in [5.74, 6) is -1.21. The number of fused-ring (bicyclic) bond motifs is 1. The number of nitrogens with zero attached hydrogens (tertiary/aromatic N) is 2. The number of anilines is 1. The number of H-pyrrole nitrogens is 1. The largest absolute Gasteiger partial charge is 0.480 e. The highest BCUT2D eigenvalue weighted by atomic mass is 16.6. The van der Waals surface area contributed by atoms with E-state index >= 15 is 0 Å². The van der Waals surface area contributed by atoms with Gasteiger partial charge in [-0.2, -0.15) is 0 Å². The number of hydrogen-bond acceptors (Lipinski definition) is 6. The second-order valence-corrected chi connectivity index (χ2v) is 5.84. The summed E-state index contributed by atoms with van der Waals surface area (Å²) in [4.78, 5) is 35.2. The van der Waals surface area contributed by atoms with Gasteiger partial charge in [0.15, 0.2) is 0 Å². The van der Waals surface area contributed by atoms with Crippen LogP contribution < -0.4 is 5.32 Å². The number of nitro groups is 2. The molecule has 3 N–H and O–H groups in total. The third-order valence-corrected chi connectivity index (χ3v) is 4.03. The third kappa shape index (κ3) is 3.84. The van der Waals surface area contributed by atoms with Crippen LogP contribution in [-0.2, 0) is 11.2 Å². The van der Waals surface area contributed by atoms with Crippen LogP contribution in [0.15, 0.2) is 48.5 Å². The molecule has 0 saturated heterocycles. The van der Waals surface area contributed by atoms with Crippen LogP contribution >= 0.6 is 0 Å². The van der Waals surface area contributed by atoms with Crippen molar-refractivity contribution in [1.29, 1.82) is 0 Å². The van der Waals surface area contributed by atoms with Crippen molar-refractivity contribution < 1.29 is 19.7 Å². The SMILES string of the molecule is O=C(O)C(Cc1cc2ccccc2[nH]1)Nc1ccc([N+](=O)[O-])cc1[N+](=O)[O-]. The number of hydrogen-bond donors (Lipinski definition) is 3. The summed E-state index contributed by atoms with van der Waals surface area (Å²) in [5.41, 5.74) is 0.370. The maximum Gasteiger partial charge on any atom is 0.326 e. The molecule has 10 nitrogen and oxygen atoms in total. The van der Waals surface area contributed by atoms with E-state index in [0.717, 1.165) is 29.1 Å². The molecule has 0 radical (unpaired) electrons. The van der Waals surface area contributed by atoms with Crippen LogP contribution in [0.4, 0.5) is 17.1 Å². The van der Waals surface area contributed by atoms with Gasteiger partial charge in [-0.05, 0) is 23.6 Å². The fraction of sp³-hybridized carbons (Fsp3) is 0.118. The molecule has 0 bridgehead atoms. The zero-order chi connectivity index (χ0) is 19.6. The highest BCUT2D eigenvalue weighted by Gasteiger charge is 2.25. The van der Waals surface area contributed by atoms with Gasteiger partial charge in [-0.1, -0.05) is 18.2 Å². The van der Waals surface area contributed by atoms with E-state index in [9.17, 15) is 30.1 Å². The number of non-ortho nitro benzene ring substituents is 1. The standard InChI is InChI=1S/C17H14N4O6/c22-17(23)15(8-11-7-10-3-1-2-4-13(10)18-11)19-14-6-5-12(20(24)25)9-16(14)21(26)27/h1-7,9,15,18-19H,8H2,(H,22,23). The molecule has 1 unspecified atom stereocenters. The quantitative estimate of drug-likeness (QED) is 0.427. The zero-order valence-electron chi connectivity index (χ0n) is 13.8. The first-order valence-electron chi connectivity index (χ1n) is 7.84. The first kappa shape index (κ1) is 17.9. The Kier molecular flexibility index (Phi) is 4.71. The molecule has 0 amide bonds. The summed E-state index contributed by atoms with van der Waals surface area (Å²) < 4.78 is 0. The molecule has 0 aliphatic heterocycles. The Balaban J connectivity index is 1.89. The monoisotopic (exact) mass is 370 g/mol. The van der Waals surface area contributed by atoms with Gasteiger partial charge in [-0.15, -0.1) is 0 Å². The van der Waals surface area contributed by atoms with Gasteiger partial charge in [0.1, 0.15) is 11.7 Å². The van der Waals surface area contributed by atoms with Crippen LogP contribution in [0.3, 0.4) is 0 Å². The average Bonchev–Trinajstić information content (AvgIpc) is 3.03. The molecule has 10 heteroatoms. The molecule has 0 aliphatic carbocycles. The lowest BCUT2D eigenvalue weighted by Crippen LogP contribution is -2.31. The Hall–Kier alpha value is -3.95. The third-order valence-electron chi connectivity index (χ3n) is 4.03. The van der Waals surface area contributed by atoms with E-state index in [1.54, 1.807) is 6.07 Å². The molecular weight excluding hydrogens is 356 g/mol. The van der Waals surface area contributed by atoms with Crippen LogP contribution in [-0.4, -0.2) is 31.9 Å². The second kappa shape index (κ2) is 7.12. The summed E-state index contributed by atoms with van der Waals surface area (Å²) in [6.07, 6.45) is 0.0398. The Morgan fingerprint density at radius 1 is 1.11 bits per heavy atom. The normalized spacial score (nSPS) is 11.9. The number of carboxylic acids is 1. The van der Waals surface area contributed by atoms with E-state index < -0.39 is 33.2 Å². The number of nitro benzene ring substituents is 2. The Bertz CT molecular complexity index is 1010. The van der Waals surface area contributed by atoms with Crippen molar-refractivity contribution in [3.05, 3.63) is 74.5 Å². The fourth-order valence-corrected chi connectivity index (χ4v) is 2.76. The molecule has 0 spiro atoms. The van der Waals surface area contributed by atoms with Crippen molar-refractivity contribution in [3.63, 3.8) is 0 Å². The summed E-state index contributed by atoms with van der Waals surface area (Å²) >= 11 is 0. The highest BCUT2D eigenvalue weighted by molar-refractivity contribution is 5.82. The Morgan fingerprint density at radius 3 is 2.48 bits per heavy atom. The van der Waals surface area contributed by atoms with E-state index in [4.69, 9.17) is 0 Å². The van der Waals surface area contributed by atoms with E-state index in [-0.39, 0.29) is 12.1 Å². The lowest BCUT2D eigenvalue weighted by atomic mass is 10.1. The predicted molar refractivity (Wildman–Crippen MR) is 96.8 cm³/mol. The number of aromatic amines is 1. The van der Waals surface area contributed by atoms with Crippen LogP contribution in [0.5, 0.6) is 0 Å². The predicted octanol–water partition coefficient (Wildman–Crippen LogP) is 3.09. The second-order valence-electron chi connectivity index (χ2n) is 5.84. The van der Waals surface area contributed by atoms with Gasteiger partial charge < -0.3 is 15.4 Å². The van der Waals surface area contributed by atoms with E-state index in [1.165, 1.54) is 0 Å². The van der Waals surface area contributed by atoms with Gasteiger partial charge in [0, 0.05) is 23.7 Å². The minimum atomic E-state index is -1.21. The minimum Gasteiger partial charge on any atom is -0.480 e. The van der Waals surface area contributed by atoms with Gasteiger partial charge in [0.05, 0.1) is 15.9 Å². The Morgan fingerprint density at radius 2 is 1.85 bits per heavy atom. The number of aromatic nitrogens is 1. The molecule has 27 heavy (non-hydrogen) atoms. The van der Waals surface area contributed by atoms with Gasteiger partial charge in [-0.25, -0.2) is 4.79 Å². The van der Waals surface area contributed by atoms with Gasteiger partial charge in [-0.3, -0.25) is 20.2 Å². The molecular formula is C17H14N4O6. The molecule has 0 saturated carbocycles. The van der Waals surface area contributed by atoms with Gasteiger partial charge in [0.2, 0.25) is 0 Å². The molecule has 0 fully saturated rings. The summed E-state index contributed by atoms with van der Waals surface area (Å²) in [7, 11) is 0. The fourth-order valence-electron chi connectivity index (χ4n) is 2.76. The van der Waals surface area contributed by atoms with Crippen molar-refractivity contribution >= 4 is 33.9 Å². The molecule has 3 rings (SSSR count). The van der Waals surface area contributed by atoms with E-state index in [1.807, 2.05) is 24.3 Å². The molecule has 0 aliphatic rings. The zero-order valence-corrected chi connectivity index (χ0v) is 13.8. The van der Waals surface area contributed by atoms with Crippen molar-refractivity contribution in [3.8, 4) is 0 Å². The lowest BCUT2D eigenvalue weighted by molar-refractivity contribution is -0.393. The van der Waals surface area contributed by atoms with Crippen LogP contribution in [0.2, 0.25) is 0 Å². The minimum absolute atomic E-state index is 0.0398. The van der Waals surface area contributed by atoms with Crippen molar-refractivity contribution in [1.82, 2.24) is 4.98 Å². The van der Waals surface area contributed by atoms with Gasteiger partial charge in [0.25, 0.3) is 11.4 Å². The summed E-state index contributed by atoms with van der Waals surface area (Å²) in [6, 6.07) is 11.1. The number of para-hydroxylation sites is 1. The van der Waals surface area contributed by atoms with Crippen molar-refractivity contribution in [2.75, 3.05) is 5.32 Å². The number of carboxylic acid groups (broad SMARTS) is 1. The number of benzene rings is 2. The van der Waals surface area contributed by atoms with Crippen LogP contribution in [0, 0.1) is 20.2 Å². The van der Waals surface area contributed by atoms with E-state index in [0.29, 0.717) is 5.69 Å². The van der Waals surface area contributed by atoms with Crippen molar-refractivity contribution in [2.24, 2.45) is 0 Å².